The van der Waals surface area contributed by atoms with Crippen LogP contribution in [0.3, 0.4) is 0 Å². The van der Waals surface area contributed by atoms with Gasteiger partial charge in [0.15, 0.2) is 6.61 Å². The van der Waals surface area contributed by atoms with Crippen molar-refractivity contribution in [1.82, 2.24) is 35.7 Å². The van der Waals surface area contributed by atoms with Gasteiger partial charge in [0.25, 0.3) is 17.7 Å². The molecule has 1 atom stereocenters. The van der Waals surface area contributed by atoms with Gasteiger partial charge in [-0.25, -0.2) is 4.98 Å². The summed E-state index contributed by atoms with van der Waals surface area (Å²) in [7, 11) is 0. The van der Waals surface area contributed by atoms with Crippen LogP contribution < -0.4 is 36.2 Å². The number of nitrogens with one attached hydrogen (secondary N) is 5. The van der Waals surface area contributed by atoms with Crippen molar-refractivity contribution < 1.29 is 38.3 Å². The third-order valence-electron chi connectivity index (χ3n) is 11.8. The Morgan fingerprint density at radius 3 is 2.21 bits per heavy atom. The normalized spacial score (nSPS) is 15.8. The van der Waals surface area contributed by atoms with Crippen LogP contribution in [0.1, 0.15) is 90.5 Å². The van der Waals surface area contributed by atoms with Crippen LogP contribution in [-0.4, -0.2) is 113 Å². The fraction of sp³-hybridized carbons (Fsp3) is 0.396. The first kappa shape index (κ1) is 47.9. The van der Waals surface area contributed by atoms with E-state index < -0.39 is 29.7 Å². The first-order valence-corrected chi connectivity index (χ1v) is 23.2. The number of benzene rings is 3. The number of carbonyl (C=O) groups excluding carboxylic acids is 7. The number of ether oxygens (including phenoxy) is 1. The Bertz CT molecular complexity index is 2480. The predicted octanol–water partition coefficient (Wildman–Crippen LogP) is 5.04. The molecular weight excluding hydrogens is 877 g/mol. The van der Waals surface area contributed by atoms with Gasteiger partial charge in [-0.1, -0.05) is 37.8 Å². The molecule has 18 nitrogen and oxygen atoms in total. The highest BCUT2D eigenvalue weighted by molar-refractivity contribution is 7.80. The van der Waals surface area contributed by atoms with Crippen molar-refractivity contribution in [3.8, 4) is 5.75 Å². The van der Waals surface area contributed by atoms with Crippen molar-refractivity contribution in [3.63, 3.8) is 0 Å². The zero-order valence-corrected chi connectivity index (χ0v) is 38.4. The second-order valence-electron chi connectivity index (χ2n) is 16.7. The molecule has 1 unspecified atom stereocenters. The lowest BCUT2D eigenvalue weighted by Gasteiger charge is -2.36. The second-order valence-corrected chi connectivity index (χ2v) is 17.2. The third-order valence-corrected chi connectivity index (χ3v) is 12.1. The standard InChI is InChI=1S/C48H56N10O8S/c1-31-29-51-48(55-44(31)52-33-10-8-11-35(67)28-33)53-32-14-16-34(17-15-32)56-24-26-57(27-25-56)42(62)21-20-39(59)49-22-6-4-2-3-5-7-23-50-41(61)30-66-38-13-9-12-36-43(38)47(65)58(46(36)64)37-18-19-40(60)54-45(37)63/h8-17,28-29,37,67H,2-7,18-27,30H2,1H3,(H,49,59)(H,50,61)(H,54,60,63)(H2,51,52,53,55). The number of thiol groups is 1. The SMILES string of the molecule is Cc1cnc(Nc2ccc(N3CCN(C(=O)CCC(=O)NCCCCCCCCNC(=O)COc4cccc5c4C(=O)N(C4CCC(=O)NC4=O)C5=O)CC3)cc2)nc1Nc1cccc(S)c1. The molecule has 3 aliphatic rings. The summed E-state index contributed by atoms with van der Waals surface area (Å²) < 4.78 is 5.64. The van der Waals surface area contributed by atoms with E-state index in [1.54, 1.807) is 6.20 Å². The Kier molecular flexibility index (Phi) is 16.4. The fourth-order valence-electron chi connectivity index (χ4n) is 8.13. The number of hydrogen-bond acceptors (Lipinski definition) is 14. The van der Waals surface area contributed by atoms with Gasteiger partial charge in [-0.05, 0) is 80.8 Å². The van der Waals surface area contributed by atoms with Crippen molar-refractivity contribution in [2.24, 2.45) is 0 Å². The minimum Gasteiger partial charge on any atom is -0.483 e. The van der Waals surface area contributed by atoms with E-state index in [1.165, 1.54) is 18.2 Å². The lowest BCUT2D eigenvalue weighted by Crippen LogP contribution is -2.54. The molecule has 0 bridgehead atoms. The van der Waals surface area contributed by atoms with Gasteiger partial charge in [0.1, 0.15) is 17.6 Å². The summed E-state index contributed by atoms with van der Waals surface area (Å²) in [6.07, 6.45) is 7.56. The summed E-state index contributed by atoms with van der Waals surface area (Å²) in [6.45, 7) is 5.16. The van der Waals surface area contributed by atoms with Gasteiger partial charge in [-0.3, -0.25) is 43.8 Å². The van der Waals surface area contributed by atoms with E-state index in [0.717, 1.165) is 70.9 Å². The molecular formula is C48H56N10O8S. The number of aromatic nitrogens is 2. The van der Waals surface area contributed by atoms with Crippen LogP contribution in [0.25, 0.3) is 0 Å². The van der Waals surface area contributed by atoms with E-state index in [9.17, 15) is 33.6 Å². The van der Waals surface area contributed by atoms with E-state index in [0.29, 0.717) is 51.0 Å². The highest BCUT2D eigenvalue weighted by Gasteiger charge is 2.46. The average Bonchev–Trinajstić information content (AvgIpc) is 3.58. The second kappa shape index (κ2) is 22.9. The van der Waals surface area contributed by atoms with E-state index in [-0.39, 0.29) is 66.9 Å². The van der Waals surface area contributed by atoms with Crippen LogP contribution in [0.15, 0.2) is 77.8 Å². The van der Waals surface area contributed by atoms with E-state index in [4.69, 9.17) is 4.74 Å². The maximum Gasteiger partial charge on any atom is 0.266 e. The molecule has 3 aromatic carbocycles. The third kappa shape index (κ3) is 12.9. The quantitative estimate of drug-likeness (QED) is 0.0367. The Labute approximate surface area is 394 Å². The minimum absolute atomic E-state index is 0.00846. The van der Waals surface area contributed by atoms with Gasteiger partial charge in [0.2, 0.25) is 29.6 Å². The van der Waals surface area contributed by atoms with Gasteiger partial charge in [-0.15, -0.1) is 12.6 Å². The molecule has 3 aliphatic heterocycles. The molecule has 67 heavy (non-hydrogen) atoms. The van der Waals surface area contributed by atoms with Crippen LogP contribution in [0, 0.1) is 6.92 Å². The largest absolute Gasteiger partial charge is 0.483 e. The maximum absolute atomic E-state index is 13.2. The molecule has 352 valence electrons. The van der Waals surface area contributed by atoms with Gasteiger partial charge < -0.3 is 35.8 Å². The number of aryl methyl sites for hydroxylation is 1. The van der Waals surface area contributed by atoms with Gasteiger partial charge in [0.05, 0.1) is 11.1 Å². The highest BCUT2D eigenvalue weighted by Crippen LogP contribution is 2.34. The highest BCUT2D eigenvalue weighted by atomic mass is 32.1. The Morgan fingerprint density at radius 2 is 1.49 bits per heavy atom. The fourth-order valence-corrected chi connectivity index (χ4v) is 8.35. The zero-order valence-electron chi connectivity index (χ0n) is 37.5. The van der Waals surface area contributed by atoms with Crippen molar-refractivity contribution in [3.05, 3.63) is 89.6 Å². The van der Waals surface area contributed by atoms with Crippen LogP contribution in [0.5, 0.6) is 5.75 Å². The Hall–Kier alpha value is -7.02. The number of piperazine rings is 1. The molecule has 4 aromatic rings. The summed E-state index contributed by atoms with van der Waals surface area (Å²) >= 11 is 4.42. The summed E-state index contributed by atoms with van der Waals surface area (Å²) in [4.78, 5) is 103. The average molecular weight is 933 g/mol. The number of rotatable bonds is 21. The molecule has 5 N–H and O–H groups in total. The molecule has 1 aromatic heterocycles. The number of nitrogens with zero attached hydrogens (tertiary/aromatic N) is 5. The molecule has 2 fully saturated rings. The number of fused-ring (bicyclic) bond motifs is 1. The summed E-state index contributed by atoms with van der Waals surface area (Å²) in [6, 6.07) is 19.2. The monoisotopic (exact) mass is 932 g/mol. The van der Waals surface area contributed by atoms with Crippen LogP contribution in [0.4, 0.5) is 28.8 Å². The summed E-state index contributed by atoms with van der Waals surface area (Å²) in [5.41, 5.74) is 3.78. The first-order chi connectivity index (χ1) is 32.4. The van der Waals surface area contributed by atoms with E-state index >= 15 is 0 Å². The van der Waals surface area contributed by atoms with E-state index in [1.807, 2.05) is 60.4 Å². The molecule has 19 heteroatoms. The smallest absolute Gasteiger partial charge is 0.266 e. The van der Waals surface area contributed by atoms with Gasteiger partial charge in [-0.2, -0.15) is 4.98 Å². The molecule has 0 aliphatic carbocycles. The number of imide groups is 2. The van der Waals surface area contributed by atoms with Gasteiger partial charge in [0, 0.05) is 92.2 Å². The molecule has 7 rings (SSSR count). The molecule has 7 amide bonds. The molecule has 0 radical (unpaired) electrons. The Morgan fingerprint density at radius 1 is 0.791 bits per heavy atom. The number of amides is 7. The van der Waals surface area contributed by atoms with Crippen molar-refractivity contribution in [1.29, 1.82) is 0 Å². The lowest BCUT2D eigenvalue weighted by molar-refractivity contribution is -0.136. The first-order valence-electron chi connectivity index (χ1n) is 22.7. The van der Waals surface area contributed by atoms with Crippen molar-refractivity contribution in [2.45, 2.75) is 82.1 Å². The molecule has 0 saturated carbocycles. The van der Waals surface area contributed by atoms with Gasteiger partial charge >= 0.3 is 0 Å². The topological polar surface area (TPSA) is 224 Å². The zero-order chi connectivity index (χ0) is 47.3. The summed E-state index contributed by atoms with van der Waals surface area (Å²) in [5, 5.41) is 14.5. The van der Waals surface area contributed by atoms with Crippen molar-refractivity contribution >= 4 is 82.8 Å². The number of hydrogen-bond donors (Lipinski definition) is 6. The number of unbranched alkanes of at least 4 members (excludes halogenated alkanes) is 5. The van der Waals surface area contributed by atoms with Crippen molar-refractivity contribution in [2.75, 3.05) is 61.4 Å². The Balaban J connectivity index is 0.700. The van der Waals surface area contributed by atoms with Crippen LogP contribution in [-0.2, 0) is 24.0 Å². The maximum atomic E-state index is 13.2. The molecule has 4 heterocycles. The minimum atomic E-state index is -1.10. The van der Waals surface area contributed by atoms with Crippen LogP contribution >= 0.6 is 12.6 Å². The lowest BCUT2D eigenvalue weighted by atomic mass is 10.0. The number of piperidine rings is 1. The number of anilines is 5. The van der Waals surface area contributed by atoms with Crippen LogP contribution in [0.2, 0.25) is 0 Å². The summed E-state index contributed by atoms with van der Waals surface area (Å²) in [5.74, 6) is -1.78. The molecule has 2 saturated heterocycles. The van der Waals surface area contributed by atoms with E-state index in [2.05, 4.69) is 54.1 Å². The predicted molar refractivity (Wildman–Crippen MR) is 254 cm³/mol. The number of carbonyl (C=O) groups is 7. The molecule has 0 spiro atoms.